The first-order valence-corrected chi connectivity index (χ1v) is 6.14. The van der Waals surface area contributed by atoms with E-state index in [1.807, 2.05) is 13.8 Å². The smallest absolute Gasteiger partial charge is 0.167 e. The molecule has 5 heteroatoms. The van der Waals surface area contributed by atoms with Gasteiger partial charge in [0.25, 0.3) is 0 Å². The van der Waals surface area contributed by atoms with E-state index in [1.54, 1.807) is 12.4 Å². The van der Waals surface area contributed by atoms with Crippen LogP contribution in [0.1, 0.15) is 25.3 Å². The summed E-state index contributed by atoms with van der Waals surface area (Å²) in [6.45, 7) is 4.09. The highest BCUT2D eigenvalue weighted by Gasteiger charge is 2.06. The molecule has 0 saturated carbocycles. The minimum atomic E-state index is -2.99. The van der Waals surface area contributed by atoms with Gasteiger partial charge in [-0.1, -0.05) is 13.8 Å². The van der Waals surface area contributed by atoms with Crippen LogP contribution in [0.15, 0.2) is 12.4 Å². The van der Waals surface area contributed by atoms with E-state index in [0.29, 0.717) is 5.92 Å². The molecule has 0 aliphatic heterocycles. The Morgan fingerprint density at radius 1 is 1.54 bits per heavy atom. The van der Waals surface area contributed by atoms with Crippen molar-refractivity contribution in [3.05, 3.63) is 18.0 Å². The molecule has 74 valence electrons. The first-order chi connectivity index (χ1) is 5.88. The van der Waals surface area contributed by atoms with Crippen molar-refractivity contribution in [2.75, 3.05) is 6.26 Å². The normalized spacial score (nSPS) is 12.3. The molecule has 0 saturated heterocycles. The summed E-state index contributed by atoms with van der Waals surface area (Å²) in [5, 5.41) is 3.96. The van der Waals surface area contributed by atoms with Crippen molar-refractivity contribution in [2.45, 2.75) is 25.6 Å². The number of rotatable bonds is 3. The molecule has 0 bridgehead atoms. The van der Waals surface area contributed by atoms with E-state index in [0.717, 1.165) is 5.56 Å². The molecule has 0 atom stereocenters. The molecule has 0 aromatic carbocycles. The molecule has 0 spiro atoms. The van der Waals surface area contributed by atoms with Crippen LogP contribution in [-0.4, -0.2) is 24.5 Å². The Hall–Kier alpha value is -0.840. The van der Waals surface area contributed by atoms with Gasteiger partial charge in [-0.15, -0.1) is 0 Å². The van der Waals surface area contributed by atoms with Crippen molar-refractivity contribution in [3.63, 3.8) is 0 Å². The highest BCUT2D eigenvalue weighted by Crippen LogP contribution is 2.12. The number of nitrogens with zero attached hydrogens (tertiary/aromatic N) is 2. The zero-order valence-electron chi connectivity index (χ0n) is 8.06. The largest absolute Gasteiger partial charge is 0.257 e. The summed E-state index contributed by atoms with van der Waals surface area (Å²) in [5.41, 5.74) is 1.06. The van der Waals surface area contributed by atoms with Gasteiger partial charge < -0.3 is 0 Å². The van der Waals surface area contributed by atoms with Crippen LogP contribution in [0.4, 0.5) is 0 Å². The Morgan fingerprint density at radius 3 is 2.54 bits per heavy atom. The highest BCUT2D eigenvalue weighted by atomic mass is 32.2. The first-order valence-electron chi connectivity index (χ1n) is 4.08. The van der Waals surface area contributed by atoms with Crippen molar-refractivity contribution >= 4 is 9.84 Å². The highest BCUT2D eigenvalue weighted by molar-refractivity contribution is 7.89. The second kappa shape index (κ2) is 3.49. The maximum atomic E-state index is 10.9. The third-order valence-electron chi connectivity index (χ3n) is 1.69. The minimum absolute atomic E-state index is 0.0419. The molecule has 1 aromatic heterocycles. The maximum Gasteiger partial charge on any atom is 0.167 e. The van der Waals surface area contributed by atoms with Crippen molar-refractivity contribution in [1.82, 2.24) is 9.78 Å². The molecular weight excluding hydrogens is 188 g/mol. The van der Waals surface area contributed by atoms with Crippen LogP contribution in [0, 0.1) is 0 Å². The summed E-state index contributed by atoms with van der Waals surface area (Å²) in [6.07, 6.45) is 4.67. The van der Waals surface area contributed by atoms with Crippen LogP contribution in [0.25, 0.3) is 0 Å². The molecule has 0 N–H and O–H groups in total. The lowest BCUT2D eigenvalue weighted by molar-refractivity contribution is 0.581. The molecule has 0 aliphatic carbocycles. The fourth-order valence-electron chi connectivity index (χ4n) is 0.989. The lowest BCUT2D eigenvalue weighted by atomic mass is 10.1. The van der Waals surface area contributed by atoms with Crippen LogP contribution < -0.4 is 0 Å². The van der Waals surface area contributed by atoms with Crippen LogP contribution in [0.2, 0.25) is 0 Å². The Balaban J connectivity index is 2.81. The molecule has 1 heterocycles. The Morgan fingerprint density at radius 2 is 2.15 bits per heavy atom. The summed E-state index contributed by atoms with van der Waals surface area (Å²) >= 11 is 0. The third-order valence-corrected chi connectivity index (χ3v) is 2.42. The van der Waals surface area contributed by atoms with E-state index in [-0.39, 0.29) is 5.88 Å². The maximum absolute atomic E-state index is 10.9. The minimum Gasteiger partial charge on any atom is -0.257 e. The zero-order chi connectivity index (χ0) is 10.1. The van der Waals surface area contributed by atoms with Crippen molar-refractivity contribution in [2.24, 2.45) is 0 Å². The molecule has 0 fully saturated rings. The lowest BCUT2D eigenvalue weighted by Crippen LogP contribution is -2.08. The van der Waals surface area contributed by atoms with Crippen molar-refractivity contribution in [1.29, 1.82) is 0 Å². The summed E-state index contributed by atoms with van der Waals surface area (Å²) < 4.78 is 23.3. The van der Waals surface area contributed by atoms with Gasteiger partial charge in [0, 0.05) is 12.5 Å². The molecule has 0 amide bonds. The molecular formula is C8H14N2O2S. The summed E-state index contributed by atoms with van der Waals surface area (Å²) in [6, 6.07) is 0. The van der Waals surface area contributed by atoms with Crippen LogP contribution in [0.3, 0.4) is 0 Å². The summed E-state index contributed by atoms with van der Waals surface area (Å²) in [5.74, 6) is 0.341. The fourth-order valence-corrected chi connectivity index (χ4v) is 1.61. The van der Waals surface area contributed by atoms with Gasteiger partial charge in [0.15, 0.2) is 9.84 Å². The number of hydrogen-bond donors (Lipinski definition) is 0. The molecule has 4 nitrogen and oxygen atoms in total. The fraction of sp³-hybridized carbons (Fsp3) is 0.625. The van der Waals surface area contributed by atoms with Gasteiger partial charge in [-0.05, 0) is 11.5 Å². The van der Waals surface area contributed by atoms with Gasteiger partial charge in [-0.25, -0.2) is 8.42 Å². The Labute approximate surface area is 78.5 Å². The number of aromatic nitrogens is 2. The van der Waals surface area contributed by atoms with Gasteiger partial charge in [0.1, 0.15) is 5.88 Å². The van der Waals surface area contributed by atoms with Gasteiger partial charge in [-0.2, -0.15) is 5.10 Å². The molecule has 1 rings (SSSR count). The van der Waals surface area contributed by atoms with E-state index in [2.05, 4.69) is 5.10 Å². The topological polar surface area (TPSA) is 52.0 Å². The van der Waals surface area contributed by atoms with E-state index < -0.39 is 9.84 Å². The van der Waals surface area contributed by atoms with Gasteiger partial charge in [0.05, 0.1) is 6.20 Å². The zero-order valence-corrected chi connectivity index (χ0v) is 8.87. The van der Waals surface area contributed by atoms with E-state index in [4.69, 9.17) is 0 Å². The second-order valence-corrected chi connectivity index (χ2v) is 5.63. The SMILES string of the molecule is CC(C)c1cnn(CS(C)(=O)=O)c1. The van der Waals surface area contributed by atoms with Crippen LogP contribution in [0.5, 0.6) is 0 Å². The number of sulfone groups is 1. The second-order valence-electron chi connectivity index (χ2n) is 3.52. The summed E-state index contributed by atoms with van der Waals surface area (Å²) in [4.78, 5) is 0. The lowest BCUT2D eigenvalue weighted by Gasteiger charge is -1.99. The van der Waals surface area contributed by atoms with Gasteiger partial charge in [0.2, 0.25) is 0 Å². The van der Waals surface area contributed by atoms with Crippen molar-refractivity contribution in [3.8, 4) is 0 Å². The number of hydrogen-bond acceptors (Lipinski definition) is 3. The third kappa shape index (κ3) is 3.18. The van der Waals surface area contributed by atoms with Crippen molar-refractivity contribution < 1.29 is 8.42 Å². The average molecular weight is 202 g/mol. The monoisotopic (exact) mass is 202 g/mol. The van der Waals surface area contributed by atoms with E-state index >= 15 is 0 Å². The predicted octanol–water partition coefficient (Wildman–Crippen LogP) is 1.01. The van der Waals surface area contributed by atoms with Crippen LogP contribution >= 0.6 is 0 Å². The predicted molar refractivity (Wildman–Crippen MR) is 51.2 cm³/mol. The summed E-state index contributed by atoms with van der Waals surface area (Å²) in [7, 11) is -2.99. The molecule has 0 radical (unpaired) electrons. The Bertz CT molecular complexity index is 379. The van der Waals surface area contributed by atoms with E-state index in [9.17, 15) is 8.42 Å². The Kier molecular flexibility index (Phi) is 2.75. The van der Waals surface area contributed by atoms with Crippen LogP contribution in [-0.2, 0) is 15.7 Å². The molecule has 0 unspecified atom stereocenters. The first kappa shape index (κ1) is 10.2. The van der Waals surface area contributed by atoms with Gasteiger partial charge >= 0.3 is 0 Å². The van der Waals surface area contributed by atoms with E-state index in [1.165, 1.54) is 10.9 Å². The molecule has 0 aliphatic rings. The quantitative estimate of drug-likeness (QED) is 0.735. The average Bonchev–Trinajstić information content (AvgIpc) is 2.31. The van der Waals surface area contributed by atoms with Gasteiger partial charge in [-0.3, -0.25) is 4.68 Å². The molecule has 13 heavy (non-hydrogen) atoms. The standard InChI is InChI=1S/C8H14N2O2S/c1-7(2)8-4-9-10(5-8)6-13(3,11)12/h4-5,7H,6H2,1-3H3. The molecule has 1 aromatic rings.